The molecule has 1 rings (SSSR count). The fourth-order valence-electron chi connectivity index (χ4n) is 0.813. The Morgan fingerprint density at radius 2 is 2.18 bits per heavy atom. The Hall–Kier alpha value is -1.31. The van der Waals surface area contributed by atoms with Gasteiger partial charge in [-0.15, -0.1) is 0 Å². The highest BCUT2D eigenvalue weighted by molar-refractivity contribution is 5.78. The molecule has 0 aliphatic carbocycles. The number of carbonyl (C=O) groups is 1. The second kappa shape index (κ2) is 3.76. The first-order valence-corrected chi connectivity index (χ1v) is 3.48. The van der Waals surface area contributed by atoms with E-state index in [2.05, 4.69) is 11.4 Å². The highest BCUT2D eigenvalue weighted by Gasteiger charge is 1.97. The van der Waals surface area contributed by atoms with Crippen LogP contribution in [0.5, 0.6) is 0 Å². The van der Waals surface area contributed by atoms with Crippen LogP contribution in [0.3, 0.4) is 0 Å². The predicted molar refractivity (Wildman–Crippen MR) is 43.0 cm³/mol. The molecule has 1 amide bonds. The van der Waals surface area contributed by atoms with Gasteiger partial charge >= 0.3 is 0 Å². The van der Waals surface area contributed by atoms with Crippen molar-refractivity contribution in [2.75, 3.05) is 7.05 Å². The molecule has 0 unspecified atom stereocenters. The summed E-state index contributed by atoms with van der Waals surface area (Å²) in [5.74, 6) is 0.0381. The molecule has 0 aliphatic heterocycles. The van der Waals surface area contributed by atoms with Crippen molar-refractivity contribution in [1.29, 1.82) is 0 Å². The summed E-state index contributed by atoms with van der Waals surface area (Å²) in [7, 11) is 1.64. The van der Waals surface area contributed by atoms with Crippen molar-refractivity contribution in [3.8, 4) is 0 Å². The van der Waals surface area contributed by atoms with E-state index in [-0.39, 0.29) is 5.91 Å². The molecule has 57 valence electrons. The van der Waals surface area contributed by atoms with Crippen molar-refractivity contribution in [1.82, 2.24) is 5.32 Å². The van der Waals surface area contributed by atoms with Gasteiger partial charge in [-0.3, -0.25) is 4.79 Å². The number of hydrogen-bond donors (Lipinski definition) is 1. The third-order valence-corrected chi connectivity index (χ3v) is 1.43. The number of carbonyl (C=O) groups excluding carboxylic acids is 1. The van der Waals surface area contributed by atoms with Crippen LogP contribution in [0.1, 0.15) is 5.56 Å². The highest BCUT2D eigenvalue weighted by atomic mass is 16.1. The van der Waals surface area contributed by atoms with Crippen molar-refractivity contribution in [2.24, 2.45) is 0 Å². The van der Waals surface area contributed by atoms with E-state index < -0.39 is 0 Å². The van der Waals surface area contributed by atoms with Gasteiger partial charge in [0.15, 0.2) is 0 Å². The topological polar surface area (TPSA) is 29.1 Å². The van der Waals surface area contributed by atoms with Crippen LogP contribution in [0.2, 0.25) is 0 Å². The van der Waals surface area contributed by atoms with Gasteiger partial charge in [-0.25, -0.2) is 0 Å². The van der Waals surface area contributed by atoms with E-state index in [1.54, 1.807) is 19.2 Å². The van der Waals surface area contributed by atoms with Gasteiger partial charge in [0.05, 0.1) is 6.42 Å². The zero-order chi connectivity index (χ0) is 8.10. The van der Waals surface area contributed by atoms with E-state index in [0.717, 1.165) is 5.56 Å². The lowest BCUT2D eigenvalue weighted by atomic mass is 10.1. The maximum Gasteiger partial charge on any atom is 0.224 e. The maximum atomic E-state index is 10.9. The summed E-state index contributed by atoms with van der Waals surface area (Å²) < 4.78 is 0. The number of nitrogens with one attached hydrogen (secondary N) is 1. The molecule has 11 heavy (non-hydrogen) atoms. The van der Waals surface area contributed by atoms with Gasteiger partial charge in [-0.05, 0) is 11.6 Å². The molecule has 0 saturated carbocycles. The van der Waals surface area contributed by atoms with Gasteiger partial charge in [-0.2, -0.15) is 0 Å². The first kappa shape index (κ1) is 7.79. The Bertz CT molecular complexity index is 231. The molecular formula is C9H10NO. The lowest BCUT2D eigenvalue weighted by molar-refractivity contribution is -0.119. The Morgan fingerprint density at radius 1 is 1.55 bits per heavy atom. The van der Waals surface area contributed by atoms with Crippen LogP contribution >= 0.6 is 0 Å². The monoisotopic (exact) mass is 148 g/mol. The molecule has 0 aliphatic rings. The van der Waals surface area contributed by atoms with Gasteiger partial charge in [-0.1, -0.05) is 24.3 Å². The van der Waals surface area contributed by atoms with Crippen LogP contribution in [0, 0.1) is 6.07 Å². The molecular weight excluding hydrogens is 138 g/mol. The molecule has 1 radical (unpaired) electrons. The van der Waals surface area contributed by atoms with E-state index in [1.807, 2.05) is 12.1 Å². The fourth-order valence-corrected chi connectivity index (χ4v) is 0.813. The Balaban J connectivity index is 2.58. The molecule has 0 saturated heterocycles. The smallest absolute Gasteiger partial charge is 0.224 e. The van der Waals surface area contributed by atoms with Crippen LogP contribution in [-0.4, -0.2) is 13.0 Å². The molecule has 1 aromatic carbocycles. The van der Waals surface area contributed by atoms with Crippen molar-refractivity contribution >= 4 is 5.91 Å². The van der Waals surface area contributed by atoms with E-state index >= 15 is 0 Å². The fraction of sp³-hybridized carbons (Fsp3) is 0.222. The summed E-state index contributed by atoms with van der Waals surface area (Å²) in [6, 6.07) is 10.3. The molecule has 1 aromatic rings. The third-order valence-electron chi connectivity index (χ3n) is 1.43. The van der Waals surface area contributed by atoms with Crippen molar-refractivity contribution < 1.29 is 4.79 Å². The zero-order valence-electron chi connectivity index (χ0n) is 6.42. The molecule has 2 heteroatoms. The second-order valence-corrected chi connectivity index (χ2v) is 2.26. The van der Waals surface area contributed by atoms with E-state index in [9.17, 15) is 4.79 Å². The molecule has 0 atom stereocenters. The lowest BCUT2D eigenvalue weighted by Gasteiger charge is -1.97. The molecule has 0 aromatic heterocycles. The van der Waals surface area contributed by atoms with Gasteiger partial charge < -0.3 is 5.32 Å². The average molecular weight is 148 g/mol. The minimum atomic E-state index is 0.0381. The first-order valence-electron chi connectivity index (χ1n) is 3.48. The maximum absolute atomic E-state index is 10.9. The van der Waals surface area contributed by atoms with E-state index in [1.165, 1.54) is 0 Å². The van der Waals surface area contributed by atoms with Gasteiger partial charge in [0.2, 0.25) is 5.91 Å². The quantitative estimate of drug-likeness (QED) is 0.659. The van der Waals surface area contributed by atoms with Crippen LogP contribution < -0.4 is 5.32 Å². The summed E-state index contributed by atoms with van der Waals surface area (Å²) in [6.07, 6.45) is 0.450. The van der Waals surface area contributed by atoms with E-state index in [0.29, 0.717) is 6.42 Å². The Kier molecular flexibility index (Phi) is 2.66. The highest BCUT2D eigenvalue weighted by Crippen LogP contribution is 1.97. The molecule has 2 nitrogen and oxygen atoms in total. The number of amides is 1. The van der Waals surface area contributed by atoms with Crippen molar-refractivity contribution in [3.05, 3.63) is 35.9 Å². The largest absolute Gasteiger partial charge is 0.359 e. The van der Waals surface area contributed by atoms with Gasteiger partial charge in [0, 0.05) is 7.05 Å². The summed E-state index contributed by atoms with van der Waals surface area (Å²) in [5, 5.41) is 2.56. The average Bonchev–Trinajstić information content (AvgIpc) is 2.06. The standard InChI is InChI=1S/C9H10NO/c1-10-9(11)7-8-5-3-2-4-6-8/h3-6H,7H2,1H3,(H,10,11). The van der Waals surface area contributed by atoms with Crippen LogP contribution in [-0.2, 0) is 11.2 Å². The molecule has 0 fully saturated rings. The van der Waals surface area contributed by atoms with Gasteiger partial charge in [0.1, 0.15) is 0 Å². The van der Waals surface area contributed by atoms with Crippen LogP contribution in [0.4, 0.5) is 0 Å². The Morgan fingerprint density at radius 3 is 2.73 bits per heavy atom. The van der Waals surface area contributed by atoms with E-state index in [4.69, 9.17) is 0 Å². The number of likely N-dealkylation sites (N-methyl/N-ethyl adjacent to an activating group) is 1. The third kappa shape index (κ3) is 2.42. The summed E-state index contributed by atoms with van der Waals surface area (Å²) >= 11 is 0. The van der Waals surface area contributed by atoms with Crippen molar-refractivity contribution in [3.63, 3.8) is 0 Å². The normalized spacial score (nSPS) is 9.18. The molecule has 0 spiro atoms. The molecule has 0 bridgehead atoms. The van der Waals surface area contributed by atoms with Crippen molar-refractivity contribution in [2.45, 2.75) is 6.42 Å². The number of rotatable bonds is 2. The SMILES string of the molecule is CNC(=O)Cc1cc[c]cc1. The number of benzene rings is 1. The Labute approximate surface area is 66.2 Å². The van der Waals surface area contributed by atoms with Crippen LogP contribution in [0.25, 0.3) is 0 Å². The second-order valence-electron chi connectivity index (χ2n) is 2.26. The molecule has 1 N–H and O–H groups in total. The summed E-state index contributed by atoms with van der Waals surface area (Å²) in [4.78, 5) is 10.9. The first-order chi connectivity index (χ1) is 5.33. The lowest BCUT2D eigenvalue weighted by Crippen LogP contribution is -2.19. The van der Waals surface area contributed by atoms with Gasteiger partial charge in [0.25, 0.3) is 0 Å². The van der Waals surface area contributed by atoms with Crippen LogP contribution in [0.15, 0.2) is 24.3 Å². The minimum Gasteiger partial charge on any atom is -0.359 e. The predicted octanol–water partition coefficient (Wildman–Crippen LogP) is 0.775. The summed E-state index contributed by atoms with van der Waals surface area (Å²) in [5.41, 5.74) is 1.02. The number of hydrogen-bond acceptors (Lipinski definition) is 1. The zero-order valence-corrected chi connectivity index (χ0v) is 6.42. The minimum absolute atomic E-state index is 0.0381. The summed E-state index contributed by atoms with van der Waals surface area (Å²) in [6.45, 7) is 0. The molecule has 0 heterocycles.